The number of aromatic nitrogens is 2. The molecule has 13 heavy (non-hydrogen) atoms. The molecule has 0 aliphatic rings. The maximum atomic E-state index is 3.98. The zero-order valence-corrected chi connectivity index (χ0v) is 8.94. The predicted molar refractivity (Wildman–Crippen MR) is 54.8 cm³/mol. The number of H-pyrrole nitrogens is 1. The molecule has 0 aromatic carbocycles. The summed E-state index contributed by atoms with van der Waals surface area (Å²) in [6.07, 6.45) is 2.94. The maximum Gasteiger partial charge on any atom is 0.0522 e. The van der Waals surface area contributed by atoms with Crippen LogP contribution < -0.4 is 5.32 Å². The summed E-state index contributed by atoms with van der Waals surface area (Å²) in [6.45, 7) is 9.59. The first-order valence-corrected chi connectivity index (χ1v) is 4.73. The standard InChI is InChI=1S/C10H19N3/c1-8-9(7-12-13-8)5-6-11-10(2,3)4/h7,11H,5-6H2,1-4H3,(H,12,13). The lowest BCUT2D eigenvalue weighted by atomic mass is 10.1. The summed E-state index contributed by atoms with van der Waals surface area (Å²) in [5, 5.41) is 10.4. The van der Waals surface area contributed by atoms with Gasteiger partial charge in [-0.15, -0.1) is 0 Å². The van der Waals surface area contributed by atoms with Crippen molar-refractivity contribution in [3.05, 3.63) is 17.5 Å². The summed E-state index contributed by atoms with van der Waals surface area (Å²) >= 11 is 0. The average Bonchev–Trinajstić information content (AvgIpc) is 2.34. The number of rotatable bonds is 3. The highest BCUT2D eigenvalue weighted by Gasteiger charge is 2.08. The molecule has 1 rings (SSSR count). The molecule has 3 heteroatoms. The van der Waals surface area contributed by atoms with Crippen LogP contribution >= 0.6 is 0 Å². The summed E-state index contributed by atoms with van der Waals surface area (Å²) in [5.74, 6) is 0. The molecule has 0 bridgehead atoms. The molecule has 0 saturated heterocycles. The van der Waals surface area contributed by atoms with Gasteiger partial charge in [-0.2, -0.15) is 5.10 Å². The van der Waals surface area contributed by atoms with Gasteiger partial charge in [0, 0.05) is 11.2 Å². The maximum absolute atomic E-state index is 3.98. The van der Waals surface area contributed by atoms with E-state index < -0.39 is 0 Å². The zero-order valence-electron chi connectivity index (χ0n) is 8.94. The normalized spacial score (nSPS) is 12.0. The first kappa shape index (κ1) is 10.3. The van der Waals surface area contributed by atoms with E-state index in [0.717, 1.165) is 13.0 Å². The van der Waals surface area contributed by atoms with E-state index in [4.69, 9.17) is 0 Å². The van der Waals surface area contributed by atoms with Gasteiger partial charge < -0.3 is 5.32 Å². The van der Waals surface area contributed by atoms with Gasteiger partial charge in [-0.25, -0.2) is 0 Å². The molecule has 0 unspecified atom stereocenters. The minimum atomic E-state index is 0.206. The van der Waals surface area contributed by atoms with E-state index in [1.807, 2.05) is 6.20 Å². The number of nitrogens with zero attached hydrogens (tertiary/aromatic N) is 1. The van der Waals surface area contributed by atoms with Gasteiger partial charge >= 0.3 is 0 Å². The summed E-state index contributed by atoms with van der Waals surface area (Å²) in [4.78, 5) is 0. The number of aryl methyl sites for hydroxylation is 1. The van der Waals surface area contributed by atoms with Crippen LogP contribution in [0, 0.1) is 6.92 Å². The quantitative estimate of drug-likeness (QED) is 0.744. The average molecular weight is 181 g/mol. The smallest absolute Gasteiger partial charge is 0.0522 e. The second-order valence-electron chi connectivity index (χ2n) is 4.45. The van der Waals surface area contributed by atoms with Gasteiger partial charge in [0.1, 0.15) is 0 Å². The molecule has 0 aliphatic heterocycles. The second-order valence-corrected chi connectivity index (χ2v) is 4.45. The topological polar surface area (TPSA) is 40.7 Å². The molecule has 0 fully saturated rings. The Morgan fingerprint density at radius 1 is 1.46 bits per heavy atom. The Balaban J connectivity index is 2.32. The first-order chi connectivity index (χ1) is 5.99. The van der Waals surface area contributed by atoms with Gasteiger partial charge in [0.15, 0.2) is 0 Å². The Kier molecular flexibility index (Phi) is 3.09. The Bertz CT molecular complexity index is 257. The first-order valence-electron chi connectivity index (χ1n) is 4.73. The molecule has 0 amide bonds. The van der Waals surface area contributed by atoms with Crippen LogP contribution in [-0.2, 0) is 6.42 Å². The van der Waals surface area contributed by atoms with E-state index in [2.05, 4.69) is 43.2 Å². The Hall–Kier alpha value is -0.830. The number of nitrogens with one attached hydrogen (secondary N) is 2. The molecule has 1 aromatic rings. The van der Waals surface area contributed by atoms with Crippen LogP contribution in [0.25, 0.3) is 0 Å². The van der Waals surface area contributed by atoms with E-state index >= 15 is 0 Å². The second kappa shape index (κ2) is 3.92. The van der Waals surface area contributed by atoms with E-state index in [-0.39, 0.29) is 5.54 Å². The molecule has 0 radical (unpaired) electrons. The third kappa shape index (κ3) is 3.59. The van der Waals surface area contributed by atoms with Crippen LogP contribution in [0.5, 0.6) is 0 Å². The van der Waals surface area contributed by atoms with Crippen molar-refractivity contribution in [2.75, 3.05) is 6.54 Å². The number of hydrogen-bond acceptors (Lipinski definition) is 2. The summed E-state index contributed by atoms with van der Waals surface area (Å²) < 4.78 is 0. The van der Waals surface area contributed by atoms with Crippen LogP contribution in [0.2, 0.25) is 0 Å². The molecule has 0 aliphatic carbocycles. The lowest BCUT2D eigenvalue weighted by Crippen LogP contribution is -2.37. The molecule has 0 atom stereocenters. The van der Waals surface area contributed by atoms with Crippen LogP contribution in [-0.4, -0.2) is 22.3 Å². The van der Waals surface area contributed by atoms with Gasteiger partial charge in [-0.05, 0) is 46.2 Å². The van der Waals surface area contributed by atoms with Crippen LogP contribution in [0.1, 0.15) is 32.0 Å². The van der Waals surface area contributed by atoms with Gasteiger partial charge in [0.05, 0.1) is 6.20 Å². The lowest BCUT2D eigenvalue weighted by Gasteiger charge is -2.20. The van der Waals surface area contributed by atoms with Crippen molar-refractivity contribution in [1.29, 1.82) is 0 Å². The molecule has 3 nitrogen and oxygen atoms in total. The highest BCUT2D eigenvalue weighted by atomic mass is 15.1. The molecule has 0 saturated carbocycles. The van der Waals surface area contributed by atoms with Crippen LogP contribution in [0.3, 0.4) is 0 Å². The number of hydrogen-bond donors (Lipinski definition) is 2. The van der Waals surface area contributed by atoms with E-state index in [0.29, 0.717) is 0 Å². The molecule has 2 N–H and O–H groups in total. The third-order valence-corrected chi connectivity index (χ3v) is 1.98. The Morgan fingerprint density at radius 2 is 2.15 bits per heavy atom. The van der Waals surface area contributed by atoms with Gasteiger partial charge in [0.2, 0.25) is 0 Å². The Morgan fingerprint density at radius 3 is 2.62 bits per heavy atom. The van der Waals surface area contributed by atoms with Crippen molar-refractivity contribution in [2.24, 2.45) is 0 Å². The van der Waals surface area contributed by atoms with E-state index in [9.17, 15) is 0 Å². The molecule has 74 valence electrons. The monoisotopic (exact) mass is 181 g/mol. The highest BCUT2D eigenvalue weighted by molar-refractivity contribution is 5.14. The van der Waals surface area contributed by atoms with Gasteiger partial charge in [-0.3, -0.25) is 5.10 Å². The van der Waals surface area contributed by atoms with Gasteiger partial charge in [-0.1, -0.05) is 0 Å². The third-order valence-electron chi connectivity index (χ3n) is 1.98. The van der Waals surface area contributed by atoms with Crippen molar-refractivity contribution < 1.29 is 0 Å². The molecule has 1 aromatic heterocycles. The van der Waals surface area contributed by atoms with Crippen LogP contribution in [0.15, 0.2) is 6.20 Å². The van der Waals surface area contributed by atoms with E-state index in [1.165, 1.54) is 11.3 Å². The zero-order chi connectivity index (χ0) is 9.90. The summed E-state index contributed by atoms with van der Waals surface area (Å²) in [6, 6.07) is 0. The molecule has 0 spiro atoms. The fraction of sp³-hybridized carbons (Fsp3) is 0.700. The summed E-state index contributed by atoms with van der Waals surface area (Å²) in [5.41, 5.74) is 2.69. The van der Waals surface area contributed by atoms with Crippen molar-refractivity contribution in [2.45, 2.75) is 39.7 Å². The summed E-state index contributed by atoms with van der Waals surface area (Å²) in [7, 11) is 0. The highest BCUT2D eigenvalue weighted by Crippen LogP contribution is 2.04. The molecular formula is C10H19N3. The molecule has 1 heterocycles. The lowest BCUT2D eigenvalue weighted by molar-refractivity contribution is 0.429. The largest absolute Gasteiger partial charge is 0.312 e. The SMILES string of the molecule is Cc1[nH]ncc1CCNC(C)(C)C. The van der Waals surface area contributed by atoms with Crippen molar-refractivity contribution in [3.63, 3.8) is 0 Å². The minimum Gasteiger partial charge on any atom is -0.312 e. The fourth-order valence-corrected chi connectivity index (χ4v) is 1.20. The minimum absolute atomic E-state index is 0.206. The van der Waals surface area contributed by atoms with Crippen LogP contribution in [0.4, 0.5) is 0 Å². The Labute approximate surface area is 79.9 Å². The predicted octanol–water partition coefficient (Wildman–Crippen LogP) is 1.65. The van der Waals surface area contributed by atoms with Crippen molar-refractivity contribution in [1.82, 2.24) is 15.5 Å². The van der Waals surface area contributed by atoms with Crippen molar-refractivity contribution >= 4 is 0 Å². The number of aromatic amines is 1. The van der Waals surface area contributed by atoms with E-state index in [1.54, 1.807) is 0 Å². The molecular weight excluding hydrogens is 162 g/mol. The van der Waals surface area contributed by atoms with Crippen molar-refractivity contribution in [3.8, 4) is 0 Å². The fourth-order valence-electron chi connectivity index (χ4n) is 1.20. The van der Waals surface area contributed by atoms with Gasteiger partial charge in [0.25, 0.3) is 0 Å².